The van der Waals surface area contributed by atoms with Crippen molar-refractivity contribution in [1.82, 2.24) is 14.3 Å². The summed E-state index contributed by atoms with van der Waals surface area (Å²) in [6.45, 7) is 7.34. The molecule has 0 radical (unpaired) electrons. The second-order valence-electron chi connectivity index (χ2n) is 8.51. The van der Waals surface area contributed by atoms with Crippen LogP contribution in [-0.4, -0.2) is 20.3 Å². The van der Waals surface area contributed by atoms with Crippen LogP contribution in [0.25, 0.3) is 11.1 Å². The number of nitrogens with zero attached hydrogens (tertiary/aromatic N) is 3. The van der Waals surface area contributed by atoms with Crippen molar-refractivity contribution in [2.24, 2.45) is 0 Å². The molecule has 0 spiro atoms. The number of carbonyl (C=O) groups excluding carboxylic acids is 1. The maximum atomic E-state index is 13.3. The Kier molecular flexibility index (Phi) is 5.34. The average Bonchev–Trinajstić information content (AvgIpc) is 3.46. The number of carbonyl (C=O) groups is 1. The molecule has 1 N–H and O–H groups in total. The summed E-state index contributed by atoms with van der Waals surface area (Å²) in [5.41, 5.74) is 8.42. The van der Waals surface area contributed by atoms with Gasteiger partial charge in [-0.15, -0.1) is 0 Å². The van der Waals surface area contributed by atoms with Crippen molar-refractivity contribution in [3.05, 3.63) is 107 Å². The smallest absolute Gasteiger partial charge is 0.272 e. The van der Waals surface area contributed by atoms with E-state index in [-0.39, 0.29) is 5.91 Å². The van der Waals surface area contributed by atoms with Gasteiger partial charge in [-0.2, -0.15) is 5.10 Å². The van der Waals surface area contributed by atoms with Crippen molar-refractivity contribution in [2.75, 3.05) is 5.32 Å². The highest BCUT2D eigenvalue weighted by Crippen LogP contribution is 2.24. The predicted molar refractivity (Wildman–Crippen MR) is 130 cm³/mol. The van der Waals surface area contributed by atoms with Crippen LogP contribution in [0.5, 0.6) is 0 Å². The van der Waals surface area contributed by atoms with Crippen LogP contribution >= 0.6 is 0 Å². The van der Waals surface area contributed by atoms with E-state index in [0.29, 0.717) is 24.4 Å². The zero-order valence-electron chi connectivity index (χ0n) is 19.0. The van der Waals surface area contributed by atoms with Gasteiger partial charge in [0.15, 0.2) is 5.58 Å². The Hall–Kier alpha value is -4.06. The number of anilines is 1. The summed E-state index contributed by atoms with van der Waals surface area (Å²) in [7, 11) is 0. The predicted octanol–water partition coefficient (Wildman–Crippen LogP) is 5.70. The molecule has 3 aromatic heterocycles. The summed E-state index contributed by atoms with van der Waals surface area (Å²) < 4.78 is 9.55. The topological polar surface area (TPSA) is 65.0 Å². The van der Waals surface area contributed by atoms with Gasteiger partial charge in [-0.25, -0.2) is 0 Å². The first-order valence-corrected chi connectivity index (χ1v) is 11.0. The number of benzene rings is 2. The lowest BCUT2D eigenvalue weighted by Gasteiger charge is -2.12. The normalized spacial score (nSPS) is 11.2. The molecule has 2 aromatic carbocycles. The molecule has 3 heterocycles. The molecule has 5 rings (SSSR count). The first-order valence-electron chi connectivity index (χ1n) is 11.0. The van der Waals surface area contributed by atoms with Crippen molar-refractivity contribution in [3.8, 4) is 0 Å². The number of rotatable bonds is 6. The third kappa shape index (κ3) is 4.32. The van der Waals surface area contributed by atoms with Gasteiger partial charge in [-0.3, -0.25) is 9.48 Å². The average molecular weight is 439 g/mol. The molecule has 6 nitrogen and oxygen atoms in total. The zero-order valence-corrected chi connectivity index (χ0v) is 19.0. The van der Waals surface area contributed by atoms with Crippen molar-refractivity contribution >= 4 is 22.7 Å². The molecule has 33 heavy (non-hydrogen) atoms. The Labute approximate surface area is 192 Å². The molecule has 5 aromatic rings. The van der Waals surface area contributed by atoms with Crippen LogP contribution in [0.1, 0.15) is 38.6 Å². The van der Waals surface area contributed by atoms with E-state index in [1.807, 2.05) is 53.4 Å². The quantitative estimate of drug-likeness (QED) is 0.370. The first-order chi connectivity index (χ1) is 16.0. The molecule has 0 bridgehead atoms. The van der Waals surface area contributed by atoms with Crippen molar-refractivity contribution < 1.29 is 9.21 Å². The van der Waals surface area contributed by atoms with Gasteiger partial charge in [-0.05, 0) is 50.1 Å². The number of furan rings is 1. The molecule has 0 fully saturated rings. The summed E-state index contributed by atoms with van der Waals surface area (Å²) >= 11 is 0. The molecule has 1 amide bonds. The Morgan fingerprint density at radius 1 is 0.939 bits per heavy atom. The Morgan fingerprint density at radius 3 is 2.52 bits per heavy atom. The summed E-state index contributed by atoms with van der Waals surface area (Å²) in [5.74, 6) is -0.170. The molecule has 166 valence electrons. The van der Waals surface area contributed by atoms with E-state index in [2.05, 4.69) is 47.7 Å². The van der Waals surface area contributed by atoms with E-state index < -0.39 is 0 Å². The van der Waals surface area contributed by atoms with Gasteiger partial charge in [0.2, 0.25) is 0 Å². The third-order valence-corrected chi connectivity index (χ3v) is 5.84. The molecule has 0 aliphatic rings. The van der Waals surface area contributed by atoms with Crippen LogP contribution in [0.2, 0.25) is 0 Å². The van der Waals surface area contributed by atoms with E-state index in [1.165, 1.54) is 5.56 Å². The number of aryl methyl sites for hydroxylation is 3. The summed E-state index contributed by atoms with van der Waals surface area (Å²) in [6, 6.07) is 22.0. The Bertz CT molecular complexity index is 1440. The molecule has 0 saturated heterocycles. The number of amides is 1. The fourth-order valence-corrected chi connectivity index (χ4v) is 4.16. The molecule has 0 unspecified atom stereocenters. The van der Waals surface area contributed by atoms with Gasteiger partial charge in [0.05, 0.1) is 24.0 Å². The molecule has 0 atom stereocenters. The van der Waals surface area contributed by atoms with Crippen molar-refractivity contribution in [1.29, 1.82) is 0 Å². The standard InChI is InChI=1S/C27H26N4O2/c1-18-7-9-21(10-8-18)16-30-24-11-12-33-26(24)15-25(30)27(32)28-23-6-4-5-22(14-23)17-31-20(3)13-19(2)29-31/h4-15H,16-17H2,1-3H3,(H,28,32). The molecule has 0 aliphatic heterocycles. The highest BCUT2D eigenvalue weighted by molar-refractivity contribution is 6.05. The molecule has 6 heteroatoms. The first kappa shape index (κ1) is 20.8. The van der Waals surface area contributed by atoms with Gasteiger partial charge in [0.1, 0.15) is 5.69 Å². The number of hydrogen-bond acceptors (Lipinski definition) is 3. The van der Waals surface area contributed by atoms with Gasteiger partial charge in [0.25, 0.3) is 5.91 Å². The van der Waals surface area contributed by atoms with Crippen LogP contribution in [-0.2, 0) is 13.1 Å². The fourth-order valence-electron chi connectivity index (χ4n) is 4.16. The lowest BCUT2D eigenvalue weighted by molar-refractivity contribution is 0.101. The number of aromatic nitrogens is 3. The van der Waals surface area contributed by atoms with Gasteiger partial charge in [-0.1, -0.05) is 42.0 Å². The zero-order chi connectivity index (χ0) is 22.9. The highest BCUT2D eigenvalue weighted by Gasteiger charge is 2.18. The number of nitrogens with one attached hydrogen (secondary N) is 1. The van der Waals surface area contributed by atoms with Crippen LogP contribution in [0.3, 0.4) is 0 Å². The van der Waals surface area contributed by atoms with Crippen LogP contribution in [0.4, 0.5) is 5.69 Å². The lowest BCUT2D eigenvalue weighted by atomic mass is 10.1. The fraction of sp³-hybridized carbons (Fsp3) is 0.185. The largest absolute Gasteiger partial charge is 0.463 e. The van der Waals surface area contributed by atoms with E-state index in [1.54, 1.807) is 12.3 Å². The van der Waals surface area contributed by atoms with Gasteiger partial charge in [0, 0.05) is 30.1 Å². The minimum atomic E-state index is -0.170. The minimum Gasteiger partial charge on any atom is -0.463 e. The van der Waals surface area contributed by atoms with Crippen LogP contribution in [0, 0.1) is 20.8 Å². The second kappa shape index (κ2) is 8.47. The van der Waals surface area contributed by atoms with Gasteiger partial charge < -0.3 is 14.3 Å². The molecular weight excluding hydrogens is 412 g/mol. The number of fused-ring (bicyclic) bond motifs is 1. The molecule has 0 aliphatic carbocycles. The Morgan fingerprint density at radius 2 is 1.76 bits per heavy atom. The summed E-state index contributed by atoms with van der Waals surface area (Å²) in [6.07, 6.45) is 1.65. The van der Waals surface area contributed by atoms with E-state index in [0.717, 1.165) is 33.7 Å². The molecular formula is C27H26N4O2. The summed E-state index contributed by atoms with van der Waals surface area (Å²) in [4.78, 5) is 13.3. The van der Waals surface area contributed by atoms with E-state index >= 15 is 0 Å². The van der Waals surface area contributed by atoms with Gasteiger partial charge >= 0.3 is 0 Å². The third-order valence-electron chi connectivity index (χ3n) is 5.84. The lowest BCUT2D eigenvalue weighted by Crippen LogP contribution is -2.17. The maximum absolute atomic E-state index is 13.3. The number of hydrogen-bond donors (Lipinski definition) is 1. The van der Waals surface area contributed by atoms with Crippen molar-refractivity contribution in [2.45, 2.75) is 33.9 Å². The van der Waals surface area contributed by atoms with Crippen LogP contribution < -0.4 is 5.32 Å². The maximum Gasteiger partial charge on any atom is 0.272 e. The summed E-state index contributed by atoms with van der Waals surface area (Å²) in [5, 5.41) is 7.59. The Balaban J connectivity index is 1.40. The van der Waals surface area contributed by atoms with Crippen LogP contribution in [0.15, 0.2) is 77.4 Å². The van der Waals surface area contributed by atoms with Crippen molar-refractivity contribution in [3.63, 3.8) is 0 Å². The SMILES string of the molecule is Cc1ccc(Cn2c(C(=O)Nc3cccc(Cn4nc(C)cc4C)c3)cc3occc32)cc1. The minimum absolute atomic E-state index is 0.170. The molecule has 0 saturated carbocycles. The second-order valence-corrected chi connectivity index (χ2v) is 8.51. The highest BCUT2D eigenvalue weighted by atomic mass is 16.3. The monoisotopic (exact) mass is 438 g/mol. The van der Waals surface area contributed by atoms with E-state index in [9.17, 15) is 4.79 Å². The van der Waals surface area contributed by atoms with E-state index in [4.69, 9.17) is 4.42 Å².